The fourth-order valence-electron chi connectivity index (χ4n) is 8.92. The maximum Gasteiger partial charge on any atom is 0.573 e. The lowest BCUT2D eigenvalue weighted by atomic mass is 9.49. The van der Waals surface area contributed by atoms with Crippen LogP contribution in [0.25, 0.3) is 11.1 Å². The minimum Gasteiger partial charge on any atom is -0.508 e. The van der Waals surface area contributed by atoms with Crippen molar-refractivity contribution < 1.29 is 27.8 Å². The third-order valence-corrected chi connectivity index (χ3v) is 10.4. The molecule has 2 N–H and O–H groups in total. The summed E-state index contributed by atoms with van der Waals surface area (Å²) < 4.78 is 43.5. The topological polar surface area (TPSA) is 65.0 Å². The molecule has 3 aromatic rings. The van der Waals surface area contributed by atoms with E-state index in [1.165, 1.54) is 62.8 Å². The Kier molecular flexibility index (Phi) is 7.92. The second-order valence-corrected chi connectivity index (χ2v) is 13.9. The van der Waals surface area contributed by atoms with Crippen molar-refractivity contribution in [2.45, 2.75) is 51.4 Å². The zero-order chi connectivity index (χ0) is 31.2. The van der Waals surface area contributed by atoms with Gasteiger partial charge in [-0.25, -0.2) is 0 Å². The maximum atomic E-state index is 13.1. The van der Waals surface area contributed by atoms with Crippen molar-refractivity contribution in [3.05, 3.63) is 77.9 Å². The number of carbonyl (C=O) groups excluding carboxylic acids is 1. The molecule has 4 aliphatic carbocycles. The number of carbonyl (C=O) groups is 1. The number of ether oxygens (including phenoxy) is 1. The van der Waals surface area contributed by atoms with Gasteiger partial charge in [0, 0.05) is 50.5 Å². The number of anilines is 1. The van der Waals surface area contributed by atoms with Crippen molar-refractivity contribution in [3.63, 3.8) is 0 Å². The van der Waals surface area contributed by atoms with Crippen LogP contribution in [0.2, 0.25) is 0 Å². The van der Waals surface area contributed by atoms with E-state index >= 15 is 0 Å². The number of halogens is 3. The first-order chi connectivity index (χ1) is 21.6. The zero-order valence-corrected chi connectivity index (χ0v) is 25.4. The Bertz CT molecular complexity index is 1500. The molecule has 9 heteroatoms. The standard InChI is InChI=1S/C36H40F3N3O3/c37-36(38,39)45-33-16-27(15-30(18-33)29-2-1-3-32(43)17-29)22-41-8-10-42(11-9-41)31-6-4-28(5-7-31)34(44)40-23-35-19-24-12-25(20-35)14-26(13-24)21-35/h1-7,15-18,24-26,43H,8-14,19-23H2,(H,40,44). The first kappa shape index (κ1) is 30.0. The molecular formula is C36H40F3N3O3. The Morgan fingerprint density at radius 2 is 1.53 bits per heavy atom. The van der Waals surface area contributed by atoms with Crippen LogP contribution in [0.4, 0.5) is 18.9 Å². The van der Waals surface area contributed by atoms with Gasteiger partial charge in [-0.15, -0.1) is 13.2 Å². The van der Waals surface area contributed by atoms with Crippen LogP contribution in [-0.4, -0.2) is 55.0 Å². The van der Waals surface area contributed by atoms with Crippen LogP contribution in [0.5, 0.6) is 11.5 Å². The summed E-state index contributed by atoms with van der Waals surface area (Å²) in [5.74, 6) is 2.36. The molecule has 3 aromatic carbocycles. The van der Waals surface area contributed by atoms with Gasteiger partial charge in [0.1, 0.15) is 11.5 Å². The highest BCUT2D eigenvalue weighted by Gasteiger charge is 2.50. The van der Waals surface area contributed by atoms with E-state index in [0.717, 1.165) is 56.2 Å². The lowest BCUT2D eigenvalue weighted by molar-refractivity contribution is -0.274. The normalized spacial score (nSPS) is 26.2. The van der Waals surface area contributed by atoms with Crippen LogP contribution in [0.1, 0.15) is 54.4 Å². The van der Waals surface area contributed by atoms with Crippen molar-refractivity contribution >= 4 is 11.6 Å². The minimum atomic E-state index is -4.80. The molecule has 0 spiro atoms. The largest absolute Gasteiger partial charge is 0.573 e. The molecule has 1 amide bonds. The molecule has 0 radical (unpaired) electrons. The second-order valence-electron chi connectivity index (χ2n) is 13.9. The number of benzene rings is 3. The van der Waals surface area contributed by atoms with Gasteiger partial charge in [0.2, 0.25) is 0 Å². The fourth-order valence-corrected chi connectivity index (χ4v) is 8.92. The highest BCUT2D eigenvalue weighted by atomic mass is 19.4. The van der Waals surface area contributed by atoms with E-state index in [4.69, 9.17) is 0 Å². The van der Waals surface area contributed by atoms with Gasteiger partial charge in [-0.1, -0.05) is 12.1 Å². The quantitative estimate of drug-likeness (QED) is 0.279. The first-order valence-corrected chi connectivity index (χ1v) is 16.1. The molecular weight excluding hydrogens is 579 g/mol. The van der Waals surface area contributed by atoms with Crippen LogP contribution in [0.15, 0.2) is 66.7 Å². The molecule has 8 rings (SSSR count). The zero-order valence-electron chi connectivity index (χ0n) is 25.4. The summed E-state index contributed by atoms with van der Waals surface area (Å²) in [5, 5.41) is 13.2. The van der Waals surface area contributed by atoms with E-state index in [0.29, 0.717) is 34.2 Å². The van der Waals surface area contributed by atoms with E-state index in [1.54, 1.807) is 12.1 Å². The Morgan fingerprint density at radius 1 is 0.867 bits per heavy atom. The predicted molar refractivity (Wildman–Crippen MR) is 167 cm³/mol. The van der Waals surface area contributed by atoms with Gasteiger partial charge in [-0.3, -0.25) is 9.69 Å². The lowest BCUT2D eigenvalue weighted by Crippen LogP contribution is -2.51. The summed E-state index contributed by atoms with van der Waals surface area (Å²) in [5.41, 5.74) is 3.90. The van der Waals surface area contributed by atoms with Crippen LogP contribution in [-0.2, 0) is 6.54 Å². The number of hydrogen-bond donors (Lipinski definition) is 2. The third-order valence-electron chi connectivity index (χ3n) is 10.4. The number of nitrogens with zero attached hydrogens (tertiary/aromatic N) is 2. The van der Waals surface area contributed by atoms with Crippen LogP contribution < -0.4 is 15.0 Å². The Hall–Kier alpha value is -3.72. The molecule has 5 fully saturated rings. The number of nitrogens with one attached hydrogen (secondary N) is 1. The molecule has 0 unspecified atom stereocenters. The van der Waals surface area contributed by atoms with Gasteiger partial charge in [0.05, 0.1) is 0 Å². The van der Waals surface area contributed by atoms with E-state index in [9.17, 15) is 23.1 Å². The van der Waals surface area contributed by atoms with Crippen molar-refractivity contribution in [2.75, 3.05) is 37.6 Å². The number of phenols is 1. The van der Waals surface area contributed by atoms with Crippen LogP contribution in [0, 0.1) is 23.2 Å². The molecule has 1 aliphatic heterocycles. The van der Waals surface area contributed by atoms with Gasteiger partial charge in [0.15, 0.2) is 0 Å². The number of amides is 1. The Morgan fingerprint density at radius 3 is 2.16 bits per heavy atom. The molecule has 4 saturated carbocycles. The van der Waals surface area contributed by atoms with E-state index < -0.39 is 6.36 Å². The van der Waals surface area contributed by atoms with Crippen molar-refractivity contribution in [1.29, 1.82) is 0 Å². The minimum absolute atomic E-state index is 0.00364. The molecule has 0 atom stereocenters. The van der Waals surface area contributed by atoms with Gasteiger partial charge < -0.3 is 20.1 Å². The summed E-state index contributed by atoms with van der Waals surface area (Å²) in [6.45, 7) is 4.25. The third kappa shape index (κ3) is 6.93. The highest BCUT2D eigenvalue weighted by Crippen LogP contribution is 2.59. The number of phenolic OH excluding ortho intramolecular Hbond substituents is 1. The number of rotatable bonds is 8. The predicted octanol–water partition coefficient (Wildman–Crippen LogP) is 7.23. The van der Waals surface area contributed by atoms with E-state index in [-0.39, 0.29) is 17.4 Å². The van der Waals surface area contributed by atoms with Gasteiger partial charge in [-0.05, 0) is 133 Å². The number of alkyl halides is 3. The molecule has 238 valence electrons. The number of aromatic hydroxyl groups is 1. The second kappa shape index (κ2) is 11.9. The van der Waals surface area contributed by atoms with Crippen molar-refractivity contribution in [3.8, 4) is 22.6 Å². The summed E-state index contributed by atoms with van der Waals surface area (Å²) in [6, 6.07) is 18.9. The smallest absolute Gasteiger partial charge is 0.508 e. The van der Waals surface area contributed by atoms with Gasteiger partial charge >= 0.3 is 6.36 Å². The van der Waals surface area contributed by atoms with E-state index in [1.807, 2.05) is 30.3 Å². The Balaban J connectivity index is 0.947. The number of hydrogen-bond acceptors (Lipinski definition) is 5. The number of piperazine rings is 1. The molecule has 5 aliphatic rings. The summed E-state index contributed by atoms with van der Waals surface area (Å²) >= 11 is 0. The molecule has 0 aromatic heterocycles. The average Bonchev–Trinajstić information content (AvgIpc) is 2.99. The lowest BCUT2D eigenvalue weighted by Gasteiger charge is -2.56. The Labute approximate surface area is 262 Å². The summed E-state index contributed by atoms with van der Waals surface area (Å²) in [7, 11) is 0. The molecule has 1 heterocycles. The summed E-state index contributed by atoms with van der Waals surface area (Å²) in [6.07, 6.45) is 3.21. The highest BCUT2D eigenvalue weighted by molar-refractivity contribution is 5.94. The summed E-state index contributed by atoms with van der Waals surface area (Å²) in [4.78, 5) is 17.5. The average molecular weight is 620 g/mol. The SMILES string of the molecule is O=C(NCC12CC3CC(CC(C3)C1)C2)c1ccc(N2CCN(Cc3cc(OC(F)(F)F)cc(-c4cccc(O)c4)c3)CC2)cc1. The maximum absolute atomic E-state index is 13.1. The molecule has 4 bridgehead atoms. The van der Waals surface area contributed by atoms with Gasteiger partial charge in [-0.2, -0.15) is 0 Å². The molecule has 1 saturated heterocycles. The molecule has 45 heavy (non-hydrogen) atoms. The van der Waals surface area contributed by atoms with E-state index in [2.05, 4.69) is 19.9 Å². The van der Waals surface area contributed by atoms with Crippen LogP contribution >= 0.6 is 0 Å². The molecule has 6 nitrogen and oxygen atoms in total. The van der Waals surface area contributed by atoms with Crippen LogP contribution in [0.3, 0.4) is 0 Å². The van der Waals surface area contributed by atoms with Gasteiger partial charge in [0.25, 0.3) is 5.91 Å². The first-order valence-electron chi connectivity index (χ1n) is 16.1. The fraction of sp³-hybridized carbons (Fsp3) is 0.472. The van der Waals surface area contributed by atoms with Crippen molar-refractivity contribution in [1.82, 2.24) is 10.2 Å². The van der Waals surface area contributed by atoms with Crippen molar-refractivity contribution in [2.24, 2.45) is 23.2 Å². The monoisotopic (exact) mass is 619 g/mol.